The SMILES string of the molecule is COc1ccccc1-c1c(C#N)c(SCc2ccc(Cl)c(Cl)c2)nc2c1CN(C)CC2. The van der Waals surface area contributed by atoms with Crippen molar-refractivity contribution in [3.63, 3.8) is 0 Å². The van der Waals surface area contributed by atoms with Crippen molar-refractivity contribution in [2.75, 3.05) is 20.7 Å². The summed E-state index contributed by atoms with van der Waals surface area (Å²) in [6.07, 6.45) is 0.847. The highest BCUT2D eigenvalue weighted by Gasteiger charge is 2.26. The van der Waals surface area contributed by atoms with Gasteiger partial charge in [-0.25, -0.2) is 4.98 Å². The van der Waals surface area contributed by atoms with Crippen LogP contribution in [0.3, 0.4) is 0 Å². The first-order chi connectivity index (χ1) is 15.0. The van der Waals surface area contributed by atoms with Crippen molar-refractivity contribution in [2.45, 2.75) is 23.7 Å². The molecule has 3 aromatic rings. The van der Waals surface area contributed by atoms with Crippen molar-refractivity contribution in [1.29, 1.82) is 5.26 Å². The van der Waals surface area contributed by atoms with E-state index in [1.807, 2.05) is 36.4 Å². The van der Waals surface area contributed by atoms with Gasteiger partial charge in [-0.05, 0) is 36.4 Å². The van der Waals surface area contributed by atoms with Gasteiger partial charge in [0.05, 0.1) is 22.7 Å². The van der Waals surface area contributed by atoms with Crippen LogP contribution in [0.25, 0.3) is 11.1 Å². The number of benzene rings is 2. The molecule has 4 nitrogen and oxygen atoms in total. The van der Waals surface area contributed by atoms with Gasteiger partial charge in [0.15, 0.2) is 0 Å². The van der Waals surface area contributed by atoms with Crippen molar-refractivity contribution in [2.24, 2.45) is 0 Å². The Balaban J connectivity index is 1.83. The maximum Gasteiger partial charge on any atom is 0.126 e. The maximum absolute atomic E-state index is 10.2. The third-order valence-electron chi connectivity index (χ3n) is 5.36. The molecule has 0 saturated carbocycles. The number of nitriles is 1. The normalized spacial score (nSPS) is 13.5. The monoisotopic (exact) mass is 469 g/mol. The number of pyridine rings is 1. The standard InChI is InChI=1S/C24H21Cl2N3OS/c1-29-10-9-21-18(13-29)23(16-5-3-4-6-22(16)30-2)17(12-27)24(28-21)31-14-15-7-8-19(25)20(26)11-15/h3-8,11H,9-10,13-14H2,1-2H3. The molecule has 0 amide bonds. The summed E-state index contributed by atoms with van der Waals surface area (Å²) in [7, 11) is 3.75. The van der Waals surface area contributed by atoms with E-state index in [0.29, 0.717) is 21.4 Å². The molecule has 31 heavy (non-hydrogen) atoms. The number of fused-ring (bicyclic) bond motifs is 1. The Labute approximate surface area is 196 Å². The lowest BCUT2D eigenvalue weighted by molar-refractivity contribution is 0.309. The number of methoxy groups -OCH3 is 1. The molecule has 2 aromatic carbocycles. The average molecular weight is 470 g/mol. The van der Waals surface area contributed by atoms with E-state index in [2.05, 4.69) is 18.0 Å². The van der Waals surface area contributed by atoms with Gasteiger partial charge in [-0.15, -0.1) is 11.8 Å². The van der Waals surface area contributed by atoms with E-state index >= 15 is 0 Å². The second-order valence-electron chi connectivity index (χ2n) is 7.43. The van der Waals surface area contributed by atoms with Crippen LogP contribution in [-0.4, -0.2) is 30.6 Å². The fourth-order valence-electron chi connectivity index (χ4n) is 3.81. The van der Waals surface area contributed by atoms with Gasteiger partial charge in [-0.2, -0.15) is 5.26 Å². The predicted molar refractivity (Wildman–Crippen MR) is 127 cm³/mol. The number of hydrogen-bond acceptors (Lipinski definition) is 5. The smallest absolute Gasteiger partial charge is 0.126 e. The van der Waals surface area contributed by atoms with E-state index in [0.717, 1.165) is 58.2 Å². The Morgan fingerprint density at radius 1 is 1.19 bits per heavy atom. The van der Waals surface area contributed by atoms with Crippen molar-refractivity contribution in [3.05, 3.63) is 74.9 Å². The van der Waals surface area contributed by atoms with Crippen LogP contribution in [-0.2, 0) is 18.7 Å². The lowest BCUT2D eigenvalue weighted by Crippen LogP contribution is -2.28. The van der Waals surface area contributed by atoms with Crippen molar-refractivity contribution in [1.82, 2.24) is 9.88 Å². The number of thioether (sulfide) groups is 1. The lowest BCUT2D eigenvalue weighted by Gasteiger charge is -2.28. The highest BCUT2D eigenvalue weighted by atomic mass is 35.5. The quantitative estimate of drug-likeness (QED) is 0.415. The van der Waals surface area contributed by atoms with E-state index < -0.39 is 0 Å². The molecule has 0 N–H and O–H groups in total. The van der Waals surface area contributed by atoms with Gasteiger partial charge in [0.25, 0.3) is 0 Å². The van der Waals surface area contributed by atoms with E-state index in [1.54, 1.807) is 24.9 Å². The summed E-state index contributed by atoms with van der Waals surface area (Å²) in [5.74, 6) is 1.39. The zero-order valence-electron chi connectivity index (χ0n) is 17.3. The second-order valence-corrected chi connectivity index (χ2v) is 9.21. The van der Waals surface area contributed by atoms with Gasteiger partial charge in [-0.1, -0.05) is 47.5 Å². The number of halogens is 2. The largest absolute Gasteiger partial charge is 0.496 e. The summed E-state index contributed by atoms with van der Waals surface area (Å²) >= 11 is 13.8. The molecule has 0 bridgehead atoms. The molecular weight excluding hydrogens is 449 g/mol. The first-order valence-corrected chi connectivity index (χ1v) is 11.6. The second kappa shape index (κ2) is 9.50. The van der Waals surface area contributed by atoms with Crippen LogP contribution in [0.1, 0.15) is 22.4 Å². The van der Waals surface area contributed by atoms with Gasteiger partial charge in [-0.3, -0.25) is 0 Å². The molecule has 0 atom stereocenters. The van der Waals surface area contributed by atoms with Crippen LogP contribution < -0.4 is 4.74 Å². The third kappa shape index (κ3) is 4.53. The zero-order chi connectivity index (χ0) is 22.0. The number of likely N-dealkylation sites (N-methyl/N-ethyl adjacent to an activating group) is 1. The number of nitrogens with zero attached hydrogens (tertiary/aromatic N) is 3. The first kappa shape index (κ1) is 22.0. The van der Waals surface area contributed by atoms with Crippen LogP contribution in [0.5, 0.6) is 5.75 Å². The minimum absolute atomic E-state index is 0.524. The van der Waals surface area contributed by atoms with Crippen LogP contribution >= 0.6 is 35.0 Å². The number of para-hydroxylation sites is 1. The van der Waals surface area contributed by atoms with Gasteiger partial charge >= 0.3 is 0 Å². The van der Waals surface area contributed by atoms with Crippen LogP contribution in [0.15, 0.2) is 47.5 Å². The van der Waals surface area contributed by atoms with Gasteiger partial charge < -0.3 is 9.64 Å². The Kier molecular flexibility index (Phi) is 6.74. The Hall–Kier alpha value is -2.23. The molecule has 0 unspecified atom stereocenters. The van der Waals surface area contributed by atoms with Gasteiger partial charge in [0, 0.05) is 42.1 Å². The van der Waals surface area contributed by atoms with E-state index in [4.69, 9.17) is 32.9 Å². The maximum atomic E-state index is 10.2. The highest BCUT2D eigenvalue weighted by molar-refractivity contribution is 7.98. The molecule has 0 radical (unpaired) electrons. The van der Waals surface area contributed by atoms with E-state index in [9.17, 15) is 5.26 Å². The predicted octanol–water partition coefficient (Wildman–Crippen LogP) is 6.22. The fourth-order valence-corrected chi connectivity index (χ4v) is 5.08. The molecule has 158 valence electrons. The number of aromatic nitrogens is 1. The van der Waals surface area contributed by atoms with Crippen molar-refractivity contribution >= 4 is 35.0 Å². The minimum atomic E-state index is 0.524. The van der Waals surface area contributed by atoms with Crippen molar-refractivity contribution in [3.8, 4) is 22.9 Å². The Bertz CT molecular complexity index is 1180. The van der Waals surface area contributed by atoms with E-state index in [-0.39, 0.29) is 0 Å². The number of ether oxygens (including phenoxy) is 1. The zero-order valence-corrected chi connectivity index (χ0v) is 19.6. The fraction of sp³-hybridized carbons (Fsp3) is 0.250. The van der Waals surface area contributed by atoms with Gasteiger partial charge in [0.1, 0.15) is 16.8 Å². The topological polar surface area (TPSA) is 49.1 Å². The third-order valence-corrected chi connectivity index (χ3v) is 7.14. The molecule has 0 spiro atoms. The van der Waals surface area contributed by atoms with E-state index in [1.165, 1.54) is 0 Å². The molecule has 0 aliphatic carbocycles. The molecule has 0 saturated heterocycles. The molecule has 4 rings (SSSR count). The number of hydrogen-bond donors (Lipinski definition) is 0. The molecular formula is C24H21Cl2N3OS. The summed E-state index contributed by atoms with van der Waals surface area (Å²) < 4.78 is 5.63. The molecule has 1 aromatic heterocycles. The van der Waals surface area contributed by atoms with Crippen LogP contribution in [0.2, 0.25) is 10.0 Å². The average Bonchev–Trinajstić information content (AvgIpc) is 2.78. The van der Waals surface area contributed by atoms with Crippen LogP contribution in [0, 0.1) is 11.3 Å². The summed E-state index contributed by atoms with van der Waals surface area (Å²) in [6.45, 7) is 1.69. The molecule has 1 aliphatic rings. The minimum Gasteiger partial charge on any atom is -0.496 e. The van der Waals surface area contributed by atoms with Crippen LogP contribution in [0.4, 0.5) is 0 Å². The number of rotatable bonds is 5. The van der Waals surface area contributed by atoms with Gasteiger partial charge in [0.2, 0.25) is 0 Å². The Morgan fingerprint density at radius 3 is 2.74 bits per heavy atom. The summed E-state index contributed by atoms with van der Waals surface area (Å²) in [6, 6.07) is 15.9. The lowest BCUT2D eigenvalue weighted by atomic mass is 9.91. The van der Waals surface area contributed by atoms with Crippen molar-refractivity contribution < 1.29 is 4.74 Å². The molecule has 2 heterocycles. The summed E-state index contributed by atoms with van der Waals surface area (Å²) in [4.78, 5) is 7.19. The summed E-state index contributed by atoms with van der Waals surface area (Å²) in [5, 5.41) is 12.0. The molecule has 0 fully saturated rings. The summed E-state index contributed by atoms with van der Waals surface area (Å²) in [5.41, 5.74) is 5.62. The first-order valence-electron chi connectivity index (χ1n) is 9.86. The Morgan fingerprint density at radius 2 is 2.00 bits per heavy atom. The molecule has 1 aliphatic heterocycles. The highest BCUT2D eigenvalue weighted by Crippen LogP contribution is 2.41. The molecule has 7 heteroatoms.